The van der Waals surface area contributed by atoms with E-state index in [-0.39, 0.29) is 0 Å². The molecule has 31 heavy (non-hydrogen) atoms. The summed E-state index contributed by atoms with van der Waals surface area (Å²) >= 11 is 0. The molecular formula is C29H30NO+. The van der Waals surface area contributed by atoms with Gasteiger partial charge in [-0.25, -0.2) is 0 Å². The minimum absolute atomic E-state index is 0.663. The van der Waals surface area contributed by atoms with Crippen molar-refractivity contribution in [3.63, 3.8) is 0 Å². The Morgan fingerprint density at radius 1 is 0.871 bits per heavy atom. The van der Waals surface area contributed by atoms with Gasteiger partial charge < -0.3 is 4.74 Å². The zero-order chi connectivity index (χ0) is 21.3. The Balaban J connectivity index is 1.71. The maximum atomic E-state index is 6.80. The molecule has 2 aliphatic rings. The Labute approximate surface area is 184 Å². The lowest BCUT2D eigenvalue weighted by Gasteiger charge is -2.27. The highest BCUT2D eigenvalue weighted by atomic mass is 16.5. The van der Waals surface area contributed by atoms with Crippen LogP contribution in [-0.4, -0.2) is 0 Å². The number of fused-ring (bicyclic) bond motifs is 3. The largest absolute Gasteiger partial charge is 0.455 e. The molecule has 6 rings (SSSR count). The number of aryl methyl sites for hydroxylation is 4. The lowest BCUT2D eigenvalue weighted by molar-refractivity contribution is -0.659. The highest BCUT2D eigenvalue weighted by Crippen LogP contribution is 2.51. The van der Waals surface area contributed by atoms with Crippen molar-refractivity contribution < 1.29 is 9.30 Å². The van der Waals surface area contributed by atoms with Gasteiger partial charge in [0.1, 0.15) is 18.5 Å². The third-order valence-corrected chi connectivity index (χ3v) is 7.73. The lowest BCUT2D eigenvalue weighted by Crippen LogP contribution is -2.33. The van der Waals surface area contributed by atoms with Crippen LogP contribution in [0.25, 0.3) is 32.8 Å². The van der Waals surface area contributed by atoms with E-state index in [4.69, 9.17) is 4.74 Å². The molecule has 156 valence electrons. The average molecular weight is 409 g/mol. The molecule has 1 aromatic heterocycles. The number of hydrogen-bond acceptors (Lipinski definition) is 1. The van der Waals surface area contributed by atoms with Gasteiger partial charge in [-0.2, -0.15) is 4.57 Å². The van der Waals surface area contributed by atoms with Gasteiger partial charge in [-0.1, -0.05) is 43.5 Å². The number of benzene rings is 3. The summed E-state index contributed by atoms with van der Waals surface area (Å²) in [6.07, 6.45) is 8.98. The van der Waals surface area contributed by atoms with Crippen molar-refractivity contribution in [2.75, 3.05) is 0 Å². The molecule has 0 atom stereocenters. The van der Waals surface area contributed by atoms with Crippen molar-refractivity contribution in [3.8, 4) is 22.8 Å². The molecule has 0 unspecified atom stereocenters. The summed E-state index contributed by atoms with van der Waals surface area (Å²) in [5.74, 6) is 2.73. The molecule has 0 radical (unpaired) electrons. The predicted molar refractivity (Wildman–Crippen MR) is 128 cm³/mol. The van der Waals surface area contributed by atoms with E-state index in [1.807, 2.05) is 0 Å². The Morgan fingerprint density at radius 2 is 1.58 bits per heavy atom. The summed E-state index contributed by atoms with van der Waals surface area (Å²) < 4.78 is 9.11. The summed E-state index contributed by atoms with van der Waals surface area (Å²) in [5, 5.41) is 5.23. The first kappa shape index (κ1) is 18.9. The second-order valence-corrected chi connectivity index (χ2v) is 9.65. The van der Waals surface area contributed by atoms with Gasteiger partial charge in [0.25, 0.3) is 0 Å². The van der Waals surface area contributed by atoms with Gasteiger partial charge >= 0.3 is 0 Å². The first-order valence-corrected chi connectivity index (χ1v) is 11.7. The smallest absolute Gasteiger partial charge is 0.228 e. The number of pyridine rings is 1. The zero-order valence-electron chi connectivity index (χ0n) is 19.0. The predicted octanol–water partition coefficient (Wildman–Crippen LogP) is 7.56. The van der Waals surface area contributed by atoms with Crippen LogP contribution in [0.5, 0.6) is 11.5 Å². The molecular weight excluding hydrogens is 378 g/mol. The number of aromatic nitrogens is 1. The van der Waals surface area contributed by atoms with Gasteiger partial charge in [0.2, 0.25) is 5.69 Å². The number of hydrogen-bond donors (Lipinski definition) is 0. The van der Waals surface area contributed by atoms with Gasteiger partial charge in [-0.05, 0) is 73.6 Å². The molecule has 2 heteroatoms. The van der Waals surface area contributed by atoms with Gasteiger partial charge in [-0.15, -0.1) is 0 Å². The van der Waals surface area contributed by atoms with E-state index in [0.29, 0.717) is 5.92 Å². The molecule has 0 spiro atoms. The summed E-state index contributed by atoms with van der Waals surface area (Å²) in [7, 11) is 2.18. The van der Waals surface area contributed by atoms with Gasteiger partial charge in [0.15, 0.2) is 6.20 Å². The Kier molecular flexibility index (Phi) is 4.15. The summed E-state index contributed by atoms with van der Waals surface area (Å²) in [4.78, 5) is 0. The monoisotopic (exact) mass is 408 g/mol. The first-order valence-electron chi connectivity index (χ1n) is 11.7. The van der Waals surface area contributed by atoms with E-state index < -0.39 is 0 Å². The van der Waals surface area contributed by atoms with Crippen LogP contribution in [0.4, 0.5) is 0 Å². The van der Waals surface area contributed by atoms with Crippen LogP contribution in [0.2, 0.25) is 0 Å². The van der Waals surface area contributed by atoms with Crippen molar-refractivity contribution in [1.82, 2.24) is 0 Å². The Morgan fingerprint density at radius 3 is 2.32 bits per heavy atom. The van der Waals surface area contributed by atoms with Gasteiger partial charge in [-0.3, -0.25) is 0 Å². The molecule has 1 saturated carbocycles. The van der Waals surface area contributed by atoms with Crippen LogP contribution < -0.4 is 9.30 Å². The fourth-order valence-electron chi connectivity index (χ4n) is 6.12. The van der Waals surface area contributed by atoms with Gasteiger partial charge in [0.05, 0.1) is 10.9 Å². The average Bonchev–Trinajstić information content (AvgIpc) is 2.80. The Hall–Kier alpha value is -2.87. The molecule has 1 aliphatic heterocycles. The van der Waals surface area contributed by atoms with E-state index in [2.05, 4.69) is 75.0 Å². The van der Waals surface area contributed by atoms with E-state index in [1.54, 1.807) is 0 Å². The van der Waals surface area contributed by atoms with Gasteiger partial charge in [0, 0.05) is 16.5 Å². The minimum atomic E-state index is 0.663. The SMILES string of the molecule is Cc1c2c(c(C)c3ccccc13)-c1c3c(cc(C4CCCCC4)cc3c(C)c[n+]1C)O2. The second kappa shape index (κ2) is 6.82. The summed E-state index contributed by atoms with van der Waals surface area (Å²) in [6, 6.07) is 13.5. The first-order chi connectivity index (χ1) is 15.0. The van der Waals surface area contributed by atoms with Crippen molar-refractivity contribution in [2.45, 2.75) is 58.8 Å². The normalized spacial score (nSPS) is 15.9. The van der Waals surface area contributed by atoms with Crippen molar-refractivity contribution in [3.05, 3.63) is 64.8 Å². The topological polar surface area (TPSA) is 13.1 Å². The number of nitrogens with zero attached hydrogens (tertiary/aromatic N) is 1. The number of ether oxygens (including phenoxy) is 1. The molecule has 0 N–H and O–H groups in total. The quantitative estimate of drug-likeness (QED) is 0.261. The van der Waals surface area contributed by atoms with Crippen LogP contribution in [0.1, 0.15) is 60.3 Å². The molecule has 2 nitrogen and oxygen atoms in total. The molecule has 3 aromatic carbocycles. The molecule has 0 amide bonds. The second-order valence-electron chi connectivity index (χ2n) is 9.65. The maximum Gasteiger partial charge on any atom is 0.228 e. The lowest BCUT2D eigenvalue weighted by atomic mass is 9.82. The van der Waals surface area contributed by atoms with E-state index in [1.165, 1.54) is 87.2 Å². The molecule has 1 fully saturated rings. The summed E-state index contributed by atoms with van der Waals surface area (Å²) in [5.41, 5.74) is 7.86. The van der Waals surface area contributed by atoms with E-state index >= 15 is 0 Å². The van der Waals surface area contributed by atoms with Crippen molar-refractivity contribution >= 4 is 21.5 Å². The molecule has 2 heterocycles. The van der Waals surface area contributed by atoms with Crippen LogP contribution in [0, 0.1) is 20.8 Å². The number of rotatable bonds is 1. The Bertz CT molecular complexity index is 1380. The highest BCUT2D eigenvalue weighted by Gasteiger charge is 2.33. The standard InChI is InChI=1S/C29H30NO/c1-17-16-30(4)28-26-18(2)22-12-8-9-13-23(22)19(3)29(26)31-25-15-21(14-24(17)27(25)28)20-10-6-5-7-11-20/h8-9,12-16,20H,5-7,10-11H2,1-4H3/q+1. The minimum Gasteiger partial charge on any atom is -0.455 e. The molecule has 0 saturated heterocycles. The highest BCUT2D eigenvalue weighted by molar-refractivity contribution is 6.07. The van der Waals surface area contributed by atoms with Crippen molar-refractivity contribution in [1.29, 1.82) is 0 Å². The van der Waals surface area contributed by atoms with Crippen molar-refractivity contribution in [2.24, 2.45) is 7.05 Å². The third-order valence-electron chi connectivity index (χ3n) is 7.73. The zero-order valence-corrected chi connectivity index (χ0v) is 19.0. The van der Waals surface area contributed by atoms with E-state index in [9.17, 15) is 0 Å². The van der Waals surface area contributed by atoms with E-state index in [0.717, 1.165) is 11.5 Å². The third kappa shape index (κ3) is 2.67. The molecule has 0 bridgehead atoms. The fraction of sp³-hybridized carbons (Fsp3) is 0.345. The fourth-order valence-corrected chi connectivity index (χ4v) is 6.12. The van der Waals surface area contributed by atoms with Crippen LogP contribution in [0.15, 0.2) is 42.6 Å². The van der Waals surface area contributed by atoms with Crippen LogP contribution in [0.3, 0.4) is 0 Å². The molecule has 1 aliphatic carbocycles. The maximum absolute atomic E-state index is 6.80. The summed E-state index contributed by atoms with van der Waals surface area (Å²) in [6.45, 7) is 6.70. The molecule has 4 aromatic rings. The van der Waals surface area contributed by atoms with Crippen LogP contribution in [-0.2, 0) is 7.05 Å². The van der Waals surface area contributed by atoms with Crippen LogP contribution >= 0.6 is 0 Å².